The lowest BCUT2D eigenvalue weighted by atomic mass is 10.1. The van der Waals surface area contributed by atoms with E-state index >= 15 is 0 Å². The van der Waals surface area contributed by atoms with Gasteiger partial charge < -0.3 is 15.7 Å². The van der Waals surface area contributed by atoms with Crippen LogP contribution in [0.15, 0.2) is 18.3 Å². The summed E-state index contributed by atoms with van der Waals surface area (Å²) in [5.74, 6) is 0.261. The van der Waals surface area contributed by atoms with Crippen LogP contribution in [-0.4, -0.2) is 57.1 Å². The molecule has 3 N–H and O–H groups in total. The van der Waals surface area contributed by atoms with Crippen LogP contribution in [0.2, 0.25) is 0 Å². The van der Waals surface area contributed by atoms with Crippen molar-refractivity contribution in [2.24, 2.45) is 0 Å². The Morgan fingerprint density at radius 3 is 2.40 bits per heavy atom. The van der Waals surface area contributed by atoms with Gasteiger partial charge in [-0.15, -0.1) is 0 Å². The second-order valence-electron chi connectivity index (χ2n) is 5.26. The van der Waals surface area contributed by atoms with E-state index in [1.54, 1.807) is 17.0 Å². The van der Waals surface area contributed by atoms with Crippen LogP contribution in [0.5, 0.6) is 0 Å². The Bertz CT molecular complexity index is 531. The second kappa shape index (κ2) is 4.66. The van der Waals surface area contributed by atoms with E-state index < -0.39 is 6.09 Å². The van der Waals surface area contributed by atoms with Crippen LogP contribution in [0.4, 0.5) is 10.6 Å². The Morgan fingerprint density at radius 1 is 1.25 bits per heavy atom. The highest BCUT2D eigenvalue weighted by Gasteiger charge is 2.43. The molecular formula is C13H16N4O3. The Morgan fingerprint density at radius 2 is 1.90 bits per heavy atom. The van der Waals surface area contributed by atoms with Gasteiger partial charge in [-0.25, -0.2) is 9.78 Å². The molecule has 7 nitrogen and oxygen atoms in total. The number of fused-ring (bicyclic) bond motifs is 2. The first-order chi connectivity index (χ1) is 9.56. The predicted octanol–water partition coefficient (Wildman–Crippen LogP) is 0.631. The Balaban J connectivity index is 1.76. The molecule has 0 aliphatic carbocycles. The molecule has 1 aromatic heterocycles. The van der Waals surface area contributed by atoms with Crippen LogP contribution in [0.1, 0.15) is 23.2 Å². The molecule has 0 spiro atoms. The molecule has 20 heavy (non-hydrogen) atoms. The standard InChI is InChI=1S/C13H16N4O3/c14-11-4-1-8(5-15-11)12(18)16-6-9-2-3-10(7-16)17(9)13(19)20/h1,4-5,9-10H,2-3,6-7H2,(H2,14,15)(H,19,20). The molecule has 0 radical (unpaired) electrons. The summed E-state index contributed by atoms with van der Waals surface area (Å²) >= 11 is 0. The van der Waals surface area contributed by atoms with Crippen molar-refractivity contribution in [2.75, 3.05) is 18.8 Å². The van der Waals surface area contributed by atoms with Crippen molar-refractivity contribution in [3.05, 3.63) is 23.9 Å². The third-order valence-corrected chi connectivity index (χ3v) is 4.02. The number of carboxylic acid groups (broad SMARTS) is 1. The molecule has 2 saturated heterocycles. The van der Waals surface area contributed by atoms with Gasteiger partial charge in [-0.05, 0) is 25.0 Å². The van der Waals surface area contributed by atoms with Crippen molar-refractivity contribution in [1.82, 2.24) is 14.8 Å². The minimum absolute atomic E-state index is 0.0862. The number of carbonyl (C=O) groups is 2. The number of anilines is 1. The van der Waals surface area contributed by atoms with Crippen molar-refractivity contribution in [1.29, 1.82) is 0 Å². The average molecular weight is 276 g/mol. The molecule has 3 rings (SSSR count). The number of hydrogen-bond donors (Lipinski definition) is 2. The fraction of sp³-hybridized carbons (Fsp3) is 0.462. The van der Waals surface area contributed by atoms with Gasteiger partial charge in [0.05, 0.1) is 17.6 Å². The lowest BCUT2D eigenvalue weighted by Crippen LogP contribution is -2.56. The number of nitrogens with two attached hydrogens (primary N) is 1. The quantitative estimate of drug-likeness (QED) is 0.783. The molecule has 2 aliphatic rings. The SMILES string of the molecule is Nc1ccc(C(=O)N2CC3CCC(C2)N3C(=O)O)cn1. The van der Waals surface area contributed by atoms with Gasteiger partial charge in [-0.2, -0.15) is 0 Å². The topological polar surface area (TPSA) is 99.8 Å². The summed E-state index contributed by atoms with van der Waals surface area (Å²) in [4.78, 5) is 30.7. The van der Waals surface area contributed by atoms with E-state index in [1.165, 1.54) is 11.1 Å². The second-order valence-corrected chi connectivity index (χ2v) is 5.26. The van der Waals surface area contributed by atoms with Gasteiger partial charge in [-0.1, -0.05) is 0 Å². The molecule has 2 amide bonds. The molecule has 2 fully saturated rings. The van der Waals surface area contributed by atoms with E-state index in [9.17, 15) is 14.7 Å². The predicted molar refractivity (Wildman–Crippen MR) is 71.2 cm³/mol. The van der Waals surface area contributed by atoms with Crippen molar-refractivity contribution >= 4 is 17.8 Å². The Hall–Kier alpha value is -2.31. The third kappa shape index (κ3) is 2.04. The van der Waals surface area contributed by atoms with Gasteiger partial charge >= 0.3 is 6.09 Å². The number of likely N-dealkylation sites (tertiary alicyclic amines) is 1. The first kappa shape index (κ1) is 12.7. The van der Waals surface area contributed by atoms with Crippen molar-refractivity contribution in [3.8, 4) is 0 Å². The zero-order valence-electron chi connectivity index (χ0n) is 10.9. The molecule has 2 bridgehead atoms. The molecule has 2 atom stereocenters. The molecule has 2 aliphatic heterocycles. The average Bonchev–Trinajstić information content (AvgIpc) is 2.70. The molecule has 0 aromatic carbocycles. The van der Waals surface area contributed by atoms with Crippen LogP contribution in [0, 0.1) is 0 Å². The minimum Gasteiger partial charge on any atom is -0.465 e. The van der Waals surface area contributed by atoms with E-state index in [4.69, 9.17) is 5.73 Å². The van der Waals surface area contributed by atoms with Crippen LogP contribution < -0.4 is 5.73 Å². The first-order valence-electron chi connectivity index (χ1n) is 6.58. The first-order valence-corrected chi connectivity index (χ1v) is 6.58. The van der Waals surface area contributed by atoms with E-state index in [0.717, 1.165) is 12.8 Å². The maximum Gasteiger partial charge on any atom is 0.407 e. The largest absolute Gasteiger partial charge is 0.465 e. The van der Waals surface area contributed by atoms with Crippen molar-refractivity contribution in [3.63, 3.8) is 0 Å². The highest BCUT2D eigenvalue weighted by atomic mass is 16.4. The normalized spacial score (nSPS) is 24.8. The number of rotatable bonds is 1. The van der Waals surface area contributed by atoms with Gasteiger partial charge in [0.1, 0.15) is 5.82 Å². The molecule has 7 heteroatoms. The fourth-order valence-corrected chi connectivity index (χ4v) is 3.10. The number of aromatic nitrogens is 1. The molecule has 2 unspecified atom stereocenters. The van der Waals surface area contributed by atoms with Gasteiger partial charge in [0.15, 0.2) is 0 Å². The van der Waals surface area contributed by atoms with E-state index in [1.807, 2.05) is 0 Å². The summed E-state index contributed by atoms with van der Waals surface area (Å²) in [5, 5.41) is 9.19. The Labute approximate surface area is 116 Å². The summed E-state index contributed by atoms with van der Waals surface area (Å²) in [6.07, 6.45) is 2.21. The molecule has 3 heterocycles. The van der Waals surface area contributed by atoms with Crippen LogP contribution in [0.25, 0.3) is 0 Å². The third-order valence-electron chi connectivity index (χ3n) is 4.02. The summed E-state index contributed by atoms with van der Waals surface area (Å²) in [5.41, 5.74) is 5.99. The van der Waals surface area contributed by atoms with Gasteiger partial charge in [-0.3, -0.25) is 9.69 Å². The number of pyridine rings is 1. The van der Waals surface area contributed by atoms with Gasteiger partial charge in [0.2, 0.25) is 0 Å². The smallest absolute Gasteiger partial charge is 0.407 e. The maximum absolute atomic E-state index is 12.4. The number of carbonyl (C=O) groups excluding carboxylic acids is 1. The van der Waals surface area contributed by atoms with E-state index in [2.05, 4.69) is 4.98 Å². The van der Waals surface area contributed by atoms with Crippen LogP contribution >= 0.6 is 0 Å². The van der Waals surface area contributed by atoms with Crippen molar-refractivity contribution in [2.45, 2.75) is 24.9 Å². The highest BCUT2D eigenvalue weighted by molar-refractivity contribution is 5.94. The summed E-state index contributed by atoms with van der Waals surface area (Å²) in [6.45, 7) is 0.901. The molecule has 0 saturated carbocycles. The van der Waals surface area contributed by atoms with Crippen LogP contribution in [-0.2, 0) is 0 Å². The zero-order chi connectivity index (χ0) is 14.3. The Kier molecular flexibility index (Phi) is 2.96. The molecule has 1 aromatic rings. The minimum atomic E-state index is -0.890. The summed E-state index contributed by atoms with van der Waals surface area (Å²) < 4.78 is 0. The lowest BCUT2D eigenvalue weighted by Gasteiger charge is -2.39. The van der Waals surface area contributed by atoms with Crippen LogP contribution in [0.3, 0.4) is 0 Å². The van der Waals surface area contributed by atoms with E-state index in [-0.39, 0.29) is 18.0 Å². The zero-order valence-corrected chi connectivity index (χ0v) is 10.9. The van der Waals surface area contributed by atoms with Gasteiger partial charge in [0, 0.05) is 19.3 Å². The van der Waals surface area contributed by atoms with E-state index in [0.29, 0.717) is 24.5 Å². The molecule has 106 valence electrons. The highest BCUT2D eigenvalue weighted by Crippen LogP contribution is 2.30. The number of piperazine rings is 1. The lowest BCUT2D eigenvalue weighted by molar-refractivity contribution is 0.0448. The number of nitrogen functional groups attached to an aromatic ring is 1. The number of amides is 2. The monoisotopic (exact) mass is 276 g/mol. The number of nitrogens with zero attached hydrogens (tertiary/aromatic N) is 3. The fourth-order valence-electron chi connectivity index (χ4n) is 3.10. The van der Waals surface area contributed by atoms with Crippen molar-refractivity contribution < 1.29 is 14.7 Å². The number of hydrogen-bond acceptors (Lipinski definition) is 4. The molecular weight excluding hydrogens is 260 g/mol. The summed E-state index contributed by atoms with van der Waals surface area (Å²) in [7, 11) is 0. The maximum atomic E-state index is 12.4. The summed E-state index contributed by atoms with van der Waals surface area (Å²) in [6, 6.07) is 3.07. The van der Waals surface area contributed by atoms with Gasteiger partial charge in [0.25, 0.3) is 5.91 Å².